The molecule has 0 aliphatic heterocycles. The normalized spacial score (nSPS) is 11.1. The zero-order valence-corrected chi connectivity index (χ0v) is 16.4. The van der Waals surface area contributed by atoms with Crippen LogP contribution in [0.5, 0.6) is 0 Å². The van der Waals surface area contributed by atoms with Crippen LogP contribution in [0.4, 0.5) is 0 Å². The largest absolute Gasteiger partial charge is 0.352 e. The molecule has 7 nitrogen and oxygen atoms in total. The van der Waals surface area contributed by atoms with Gasteiger partial charge in [0, 0.05) is 24.3 Å². The summed E-state index contributed by atoms with van der Waals surface area (Å²) in [5.74, 6) is -0.0883. The summed E-state index contributed by atoms with van der Waals surface area (Å²) in [4.78, 5) is 12.4. The minimum atomic E-state index is -0.0883. The zero-order valence-electron chi connectivity index (χ0n) is 16.4. The number of hydrogen-bond acceptors (Lipinski definition) is 4. The molecule has 0 saturated heterocycles. The molecule has 0 bridgehead atoms. The van der Waals surface area contributed by atoms with Crippen molar-refractivity contribution in [2.24, 2.45) is 0 Å². The molecular formula is C22H24N6O. The molecule has 0 fully saturated rings. The number of aromatic amines is 1. The number of rotatable bonds is 8. The number of benzene rings is 2. The molecule has 0 unspecified atom stereocenters. The molecule has 2 aromatic heterocycles. The second kappa shape index (κ2) is 8.68. The van der Waals surface area contributed by atoms with Crippen LogP contribution in [0.2, 0.25) is 0 Å². The van der Waals surface area contributed by atoms with Gasteiger partial charge in [0.05, 0.1) is 11.7 Å². The lowest BCUT2D eigenvalue weighted by Crippen LogP contribution is -2.24. The molecule has 4 rings (SSSR count). The number of nitrogens with one attached hydrogen (secondary N) is 2. The zero-order chi connectivity index (χ0) is 20.1. The lowest BCUT2D eigenvalue weighted by atomic mass is 10.1. The van der Waals surface area contributed by atoms with E-state index in [4.69, 9.17) is 0 Å². The summed E-state index contributed by atoms with van der Waals surface area (Å²) >= 11 is 0. The van der Waals surface area contributed by atoms with Gasteiger partial charge in [-0.3, -0.25) is 9.89 Å². The van der Waals surface area contributed by atoms with Crippen LogP contribution in [-0.2, 0) is 19.4 Å². The van der Waals surface area contributed by atoms with Crippen LogP contribution in [-0.4, -0.2) is 37.6 Å². The van der Waals surface area contributed by atoms with Crippen molar-refractivity contribution in [2.45, 2.75) is 32.7 Å². The van der Waals surface area contributed by atoms with Crippen LogP contribution in [0, 0.1) is 6.92 Å². The monoisotopic (exact) mass is 388 g/mol. The Hall–Kier alpha value is -3.48. The fourth-order valence-corrected chi connectivity index (χ4v) is 3.37. The molecule has 148 valence electrons. The summed E-state index contributed by atoms with van der Waals surface area (Å²) in [6, 6.07) is 15.9. The number of carbonyl (C=O) groups excluding carboxylic acids is 1. The fourth-order valence-electron chi connectivity index (χ4n) is 3.37. The average Bonchev–Trinajstić information content (AvgIpc) is 3.35. The summed E-state index contributed by atoms with van der Waals surface area (Å²) in [7, 11) is 0. The number of aryl methyl sites for hydroxylation is 4. The molecule has 4 aromatic rings. The first-order chi connectivity index (χ1) is 14.2. The smallest absolute Gasteiger partial charge is 0.251 e. The van der Waals surface area contributed by atoms with Gasteiger partial charge in [0.1, 0.15) is 5.52 Å². The van der Waals surface area contributed by atoms with E-state index in [9.17, 15) is 4.79 Å². The first-order valence-electron chi connectivity index (χ1n) is 9.85. The van der Waals surface area contributed by atoms with Gasteiger partial charge in [0.25, 0.3) is 5.91 Å². The van der Waals surface area contributed by atoms with Crippen molar-refractivity contribution in [1.29, 1.82) is 0 Å². The Morgan fingerprint density at radius 2 is 2.00 bits per heavy atom. The second-order valence-electron chi connectivity index (χ2n) is 7.13. The van der Waals surface area contributed by atoms with Crippen molar-refractivity contribution < 1.29 is 4.79 Å². The predicted octanol–water partition coefficient (Wildman–Crippen LogP) is 3.07. The molecule has 7 heteroatoms. The molecule has 2 heterocycles. The summed E-state index contributed by atoms with van der Waals surface area (Å²) in [5.41, 5.74) is 5.81. The Bertz CT molecular complexity index is 1100. The molecule has 0 atom stereocenters. The molecule has 0 radical (unpaired) electrons. The number of carbonyl (C=O) groups is 1. The van der Waals surface area contributed by atoms with Gasteiger partial charge >= 0.3 is 0 Å². The van der Waals surface area contributed by atoms with Crippen molar-refractivity contribution in [3.05, 3.63) is 77.1 Å². The number of fused-ring (bicyclic) bond motifs is 1. The van der Waals surface area contributed by atoms with E-state index >= 15 is 0 Å². The Morgan fingerprint density at radius 1 is 1.14 bits per heavy atom. The van der Waals surface area contributed by atoms with Gasteiger partial charge < -0.3 is 5.32 Å². The highest BCUT2D eigenvalue weighted by Crippen LogP contribution is 2.14. The van der Waals surface area contributed by atoms with Crippen LogP contribution < -0.4 is 5.32 Å². The summed E-state index contributed by atoms with van der Waals surface area (Å²) < 4.78 is 1.89. The van der Waals surface area contributed by atoms with Gasteiger partial charge in [-0.25, -0.2) is 4.68 Å². The number of nitrogens with zero attached hydrogens (tertiary/aromatic N) is 4. The Labute approximate surface area is 169 Å². The molecule has 29 heavy (non-hydrogen) atoms. The van der Waals surface area contributed by atoms with E-state index in [-0.39, 0.29) is 5.91 Å². The minimum absolute atomic E-state index is 0.0883. The topological polar surface area (TPSA) is 88.5 Å². The predicted molar refractivity (Wildman–Crippen MR) is 112 cm³/mol. The van der Waals surface area contributed by atoms with Crippen LogP contribution in [0.3, 0.4) is 0 Å². The average molecular weight is 388 g/mol. The summed E-state index contributed by atoms with van der Waals surface area (Å²) in [6.07, 6.45) is 4.48. The third-order valence-corrected chi connectivity index (χ3v) is 5.07. The second-order valence-corrected chi connectivity index (χ2v) is 7.13. The molecule has 0 saturated carbocycles. The van der Waals surface area contributed by atoms with Gasteiger partial charge in [-0.2, -0.15) is 5.10 Å². The highest BCUT2D eigenvalue weighted by Gasteiger charge is 2.10. The minimum Gasteiger partial charge on any atom is -0.352 e. The first-order valence-corrected chi connectivity index (χ1v) is 9.85. The molecule has 0 aliphatic rings. The van der Waals surface area contributed by atoms with Gasteiger partial charge in [0.15, 0.2) is 0 Å². The van der Waals surface area contributed by atoms with Gasteiger partial charge in [-0.1, -0.05) is 35.5 Å². The highest BCUT2D eigenvalue weighted by atomic mass is 16.1. The Morgan fingerprint density at radius 3 is 2.79 bits per heavy atom. The summed E-state index contributed by atoms with van der Waals surface area (Å²) in [6.45, 7) is 3.37. The first kappa shape index (κ1) is 18.9. The van der Waals surface area contributed by atoms with Crippen LogP contribution in [0.1, 0.15) is 33.6 Å². The standard InChI is InChI=1S/C22H24N6O/c1-16-19(15-24-25-16)8-5-12-23-22(29)18-9-10-21-20(14-18)26-27-28(21)13-11-17-6-3-2-4-7-17/h2-4,6-7,9-10,14-15H,5,8,11-13H2,1H3,(H,23,29)(H,24,25). The van der Waals surface area contributed by atoms with Gasteiger partial charge in [0.2, 0.25) is 0 Å². The van der Waals surface area contributed by atoms with Crippen LogP contribution in [0.25, 0.3) is 11.0 Å². The lowest BCUT2D eigenvalue weighted by Gasteiger charge is -2.06. The number of amides is 1. The van der Waals surface area contributed by atoms with Crippen LogP contribution in [0.15, 0.2) is 54.7 Å². The van der Waals surface area contributed by atoms with E-state index in [0.717, 1.165) is 42.5 Å². The lowest BCUT2D eigenvalue weighted by molar-refractivity contribution is 0.0953. The van der Waals surface area contributed by atoms with Crippen molar-refractivity contribution in [1.82, 2.24) is 30.5 Å². The van der Waals surface area contributed by atoms with Crippen molar-refractivity contribution in [3.63, 3.8) is 0 Å². The molecule has 0 spiro atoms. The SMILES string of the molecule is Cc1[nH]ncc1CCCNC(=O)c1ccc2c(c1)nnn2CCc1ccccc1. The van der Waals surface area contributed by atoms with E-state index < -0.39 is 0 Å². The van der Waals surface area contributed by atoms with E-state index in [1.807, 2.05) is 48.1 Å². The third-order valence-electron chi connectivity index (χ3n) is 5.07. The molecule has 0 aliphatic carbocycles. The fraction of sp³-hybridized carbons (Fsp3) is 0.273. The van der Waals surface area contributed by atoms with Gasteiger partial charge in [-0.15, -0.1) is 5.10 Å². The molecule has 2 N–H and O–H groups in total. The number of aromatic nitrogens is 5. The van der Waals surface area contributed by atoms with E-state index in [0.29, 0.717) is 12.1 Å². The maximum Gasteiger partial charge on any atom is 0.251 e. The highest BCUT2D eigenvalue weighted by molar-refractivity contribution is 5.97. The van der Waals surface area contributed by atoms with Crippen LogP contribution >= 0.6 is 0 Å². The van der Waals surface area contributed by atoms with Crippen molar-refractivity contribution in [2.75, 3.05) is 6.54 Å². The number of hydrogen-bond donors (Lipinski definition) is 2. The number of H-pyrrole nitrogens is 1. The molecule has 2 aromatic carbocycles. The maximum atomic E-state index is 12.4. The summed E-state index contributed by atoms with van der Waals surface area (Å²) in [5, 5.41) is 18.4. The van der Waals surface area contributed by atoms with Crippen molar-refractivity contribution >= 4 is 16.9 Å². The maximum absolute atomic E-state index is 12.4. The van der Waals surface area contributed by atoms with Gasteiger partial charge in [-0.05, 0) is 55.5 Å². The molecular weight excluding hydrogens is 364 g/mol. The van der Waals surface area contributed by atoms with E-state index in [1.165, 1.54) is 11.1 Å². The van der Waals surface area contributed by atoms with Crippen molar-refractivity contribution in [3.8, 4) is 0 Å². The Balaban J connectivity index is 1.33. The molecule has 1 amide bonds. The third kappa shape index (κ3) is 4.51. The van der Waals surface area contributed by atoms with E-state index in [2.05, 4.69) is 38.0 Å². The quantitative estimate of drug-likeness (QED) is 0.454. The van der Waals surface area contributed by atoms with E-state index in [1.54, 1.807) is 6.07 Å². The Kier molecular flexibility index (Phi) is 5.65.